The molecule has 0 N–H and O–H groups in total. The highest BCUT2D eigenvalue weighted by atomic mass is 16.5. The van der Waals surface area contributed by atoms with E-state index >= 15 is 0 Å². The number of carbonyl (C=O) groups excluding carboxylic acids is 1. The van der Waals surface area contributed by atoms with Gasteiger partial charge >= 0.3 is 0 Å². The Morgan fingerprint density at radius 3 is 2.84 bits per heavy atom. The van der Waals surface area contributed by atoms with Gasteiger partial charge in [0.2, 0.25) is 0 Å². The smallest absolute Gasteiger partial charge is 0.258 e. The van der Waals surface area contributed by atoms with Gasteiger partial charge in [-0.05, 0) is 50.7 Å². The Morgan fingerprint density at radius 1 is 1.12 bits per heavy atom. The summed E-state index contributed by atoms with van der Waals surface area (Å²) in [5, 5.41) is 4.87. The number of fused-ring (bicyclic) bond motifs is 2. The van der Waals surface area contributed by atoms with Gasteiger partial charge in [-0.3, -0.25) is 4.79 Å². The van der Waals surface area contributed by atoms with E-state index < -0.39 is 0 Å². The molecule has 32 heavy (non-hydrogen) atoms. The average molecular weight is 432 g/mol. The Balaban J connectivity index is 1.35. The number of ether oxygens (including phenoxy) is 1. The number of para-hydroxylation sites is 1. The van der Waals surface area contributed by atoms with E-state index in [4.69, 9.17) is 14.8 Å². The summed E-state index contributed by atoms with van der Waals surface area (Å²) in [4.78, 5) is 22.9. The summed E-state index contributed by atoms with van der Waals surface area (Å²) in [6.07, 6.45) is 8.43. The van der Waals surface area contributed by atoms with Crippen LogP contribution >= 0.6 is 0 Å². The van der Waals surface area contributed by atoms with Gasteiger partial charge in [-0.25, -0.2) is 9.50 Å². The number of hydrogen-bond acceptors (Lipinski definition) is 5. The number of likely N-dealkylation sites (tertiary alicyclic amines) is 1. The maximum absolute atomic E-state index is 13.6. The molecular weight excluding hydrogens is 402 g/mol. The fraction of sp³-hybridized carbons (Fsp3) is 0.480. The number of anilines is 1. The van der Waals surface area contributed by atoms with Gasteiger partial charge in [-0.15, -0.1) is 0 Å². The predicted octanol–water partition coefficient (Wildman–Crippen LogP) is 3.94. The lowest BCUT2D eigenvalue weighted by atomic mass is 9.97. The average Bonchev–Trinajstić information content (AvgIpc) is 3.58. The second kappa shape index (κ2) is 7.80. The number of aryl methyl sites for hydroxylation is 1. The number of aromatic nitrogens is 3. The minimum absolute atomic E-state index is 0.0363. The van der Waals surface area contributed by atoms with E-state index in [1.165, 1.54) is 12.8 Å². The number of piperidine rings is 1. The third kappa shape index (κ3) is 3.22. The first kappa shape index (κ1) is 19.6. The van der Waals surface area contributed by atoms with E-state index in [-0.39, 0.29) is 11.9 Å². The first-order chi connectivity index (χ1) is 15.7. The summed E-state index contributed by atoms with van der Waals surface area (Å²) in [5.74, 6) is 1.88. The van der Waals surface area contributed by atoms with Crippen molar-refractivity contribution in [3.8, 4) is 5.75 Å². The molecule has 166 valence electrons. The monoisotopic (exact) mass is 431 g/mol. The van der Waals surface area contributed by atoms with Crippen molar-refractivity contribution in [1.29, 1.82) is 0 Å². The van der Waals surface area contributed by atoms with Crippen molar-refractivity contribution in [3.05, 3.63) is 52.8 Å². The van der Waals surface area contributed by atoms with Crippen molar-refractivity contribution in [2.24, 2.45) is 0 Å². The summed E-state index contributed by atoms with van der Waals surface area (Å²) in [6, 6.07) is 7.96. The van der Waals surface area contributed by atoms with Crippen LogP contribution in [0, 0.1) is 6.92 Å². The zero-order chi connectivity index (χ0) is 21.7. The fourth-order valence-electron chi connectivity index (χ4n) is 5.45. The highest BCUT2D eigenvalue weighted by molar-refractivity contribution is 5.98. The molecular formula is C25H29N5O2. The van der Waals surface area contributed by atoms with E-state index in [0.717, 1.165) is 79.4 Å². The van der Waals surface area contributed by atoms with Gasteiger partial charge in [0.25, 0.3) is 5.91 Å². The molecule has 1 aromatic carbocycles. The summed E-state index contributed by atoms with van der Waals surface area (Å²) in [6.45, 7) is 5.64. The third-order valence-corrected chi connectivity index (χ3v) is 7.08. The Kier molecular flexibility index (Phi) is 4.77. The van der Waals surface area contributed by atoms with Crippen LogP contribution < -0.4 is 9.64 Å². The minimum atomic E-state index is -0.0363. The summed E-state index contributed by atoms with van der Waals surface area (Å²) < 4.78 is 7.70. The molecule has 7 heteroatoms. The Labute approximate surface area is 188 Å². The lowest BCUT2D eigenvalue weighted by Gasteiger charge is -2.35. The number of rotatable bonds is 3. The van der Waals surface area contributed by atoms with Crippen LogP contribution in [0.4, 0.5) is 5.82 Å². The second-order valence-corrected chi connectivity index (χ2v) is 9.22. The molecule has 0 aliphatic carbocycles. The summed E-state index contributed by atoms with van der Waals surface area (Å²) >= 11 is 0. The van der Waals surface area contributed by atoms with Crippen molar-refractivity contribution >= 4 is 17.4 Å². The van der Waals surface area contributed by atoms with Gasteiger partial charge in [0, 0.05) is 43.9 Å². The third-order valence-electron chi connectivity index (χ3n) is 7.08. The van der Waals surface area contributed by atoms with Gasteiger partial charge in [0.05, 0.1) is 23.9 Å². The zero-order valence-corrected chi connectivity index (χ0v) is 18.6. The highest BCUT2D eigenvalue weighted by Gasteiger charge is 2.33. The lowest BCUT2D eigenvalue weighted by Crippen LogP contribution is -2.38. The quantitative estimate of drug-likeness (QED) is 0.629. The second-order valence-electron chi connectivity index (χ2n) is 9.22. The van der Waals surface area contributed by atoms with Crippen LogP contribution in [0.5, 0.6) is 5.75 Å². The molecule has 0 saturated carbocycles. The molecule has 1 atom stereocenters. The van der Waals surface area contributed by atoms with Crippen LogP contribution in [0.25, 0.3) is 5.65 Å². The molecule has 0 bridgehead atoms. The van der Waals surface area contributed by atoms with Crippen LogP contribution in [-0.2, 0) is 6.42 Å². The molecule has 1 amide bonds. The van der Waals surface area contributed by atoms with Crippen molar-refractivity contribution in [3.63, 3.8) is 0 Å². The van der Waals surface area contributed by atoms with Gasteiger partial charge in [0.1, 0.15) is 11.6 Å². The van der Waals surface area contributed by atoms with Crippen molar-refractivity contribution < 1.29 is 9.53 Å². The molecule has 5 heterocycles. The standard InChI is InChI=1S/C25H29N5O2/c1-17-16-30-22(26-24(17)28-11-4-5-12-28)15-20(27-30)21-9-2-3-13-29(21)25(31)19-8-6-7-18-10-14-32-23(18)19/h6-8,15-16,21H,2-5,9-14H2,1H3/t21-/m0/s1. The maximum atomic E-state index is 13.6. The van der Waals surface area contributed by atoms with Crippen LogP contribution in [0.1, 0.15) is 65.3 Å². The van der Waals surface area contributed by atoms with Crippen LogP contribution in [0.15, 0.2) is 30.5 Å². The predicted molar refractivity (Wildman–Crippen MR) is 122 cm³/mol. The number of benzene rings is 1. The molecule has 2 aromatic heterocycles. The van der Waals surface area contributed by atoms with Gasteiger partial charge < -0.3 is 14.5 Å². The van der Waals surface area contributed by atoms with Crippen LogP contribution in [0.3, 0.4) is 0 Å². The first-order valence-corrected chi connectivity index (χ1v) is 11.9. The molecule has 3 aliphatic heterocycles. The first-order valence-electron chi connectivity index (χ1n) is 11.9. The molecule has 3 aliphatic rings. The number of carbonyl (C=O) groups is 1. The normalized spacial score (nSPS) is 20.6. The summed E-state index contributed by atoms with van der Waals surface area (Å²) in [5.41, 5.74) is 4.74. The molecule has 6 rings (SSSR count). The van der Waals surface area contributed by atoms with Crippen molar-refractivity contribution in [1.82, 2.24) is 19.5 Å². The van der Waals surface area contributed by atoms with Gasteiger partial charge in [-0.1, -0.05) is 12.1 Å². The number of amides is 1. The molecule has 0 spiro atoms. The highest BCUT2D eigenvalue weighted by Crippen LogP contribution is 2.36. The maximum Gasteiger partial charge on any atom is 0.258 e. The van der Waals surface area contributed by atoms with E-state index in [2.05, 4.69) is 30.2 Å². The van der Waals surface area contributed by atoms with Crippen molar-refractivity contribution in [2.75, 3.05) is 31.1 Å². The molecule has 2 saturated heterocycles. The molecule has 0 radical (unpaired) electrons. The topological polar surface area (TPSA) is 63.0 Å². The van der Waals surface area contributed by atoms with Crippen LogP contribution in [-0.4, -0.2) is 51.6 Å². The molecule has 2 fully saturated rings. The largest absolute Gasteiger partial charge is 0.492 e. The lowest BCUT2D eigenvalue weighted by molar-refractivity contribution is 0.0602. The van der Waals surface area contributed by atoms with Crippen molar-refractivity contribution in [2.45, 2.75) is 51.5 Å². The van der Waals surface area contributed by atoms with Crippen LogP contribution in [0.2, 0.25) is 0 Å². The molecule has 0 unspecified atom stereocenters. The van der Waals surface area contributed by atoms with Gasteiger partial charge in [-0.2, -0.15) is 5.10 Å². The minimum Gasteiger partial charge on any atom is -0.492 e. The van der Waals surface area contributed by atoms with Gasteiger partial charge in [0.15, 0.2) is 5.65 Å². The Hall–Kier alpha value is -3.09. The van der Waals surface area contributed by atoms with E-state index in [1.807, 2.05) is 21.5 Å². The van der Waals surface area contributed by atoms with E-state index in [0.29, 0.717) is 12.2 Å². The molecule has 7 nitrogen and oxygen atoms in total. The number of nitrogens with zero attached hydrogens (tertiary/aromatic N) is 5. The van der Waals surface area contributed by atoms with E-state index in [1.54, 1.807) is 0 Å². The summed E-state index contributed by atoms with van der Waals surface area (Å²) in [7, 11) is 0. The Morgan fingerprint density at radius 2 is 1.97 bits per heavy atom. The SMILES string of the molecule is Cc1cn2nc([C@@H]3CCCCN3C(=O)c3cccc4c3OCC4)cc2nc1N1CCCC1. The fourth-order valence-corrected chi connectivity index (χ4v) is 5.45. The van der Waals surface area contributed by atoms with E-state index in [9.17, 15) is 4.79 Å². The number of hydrogen-bond donors (Lipinski definition) is 0. The molecule has 3 aromatic rings. The Bertz CT molecular complexity index is 1180. The zero-order valence-electron chi connectivity index (χ0n) is 18.6.